The van der Waals surface area contributed by atoms with E-state index < -0.39 is 0 Å². The van der Waals surface area contributed by atoms with Crippen LogP contribution in [-0.2, 0) is 4.74 Å². The van der Waals surface area contributed by atoms with Gasteiger partial charge in [-0.15, -0.1) is 0 Å². The Morgan fingerprint density at radius 2 is 2.09 bits per heavy atom. The van der Waals surface area contributed by atoms with Crippen molar-refractivity contribution in [2.75, 3.05) is 19.7 Å². The van der Waals surface area contributed by atoms with Crippen LogP contribution in [-0.4, -0.2) is 41.2 Å². The summed E-state index contributed by atoms with van der Waals surface area (Å²) in [5.41, 5.74) is 0.494. The van der Waals surface area contributed by atoms with Crippen LogP contribution < -0.4 is 0 Å². The fourth-order valence-corrected chi connectivity index (χ4v) is 3.65. The molecule has 2 aliphatic heterocycles. The number of phenolic OH excluding ortho intramolecular Hbond substituents is 1. The zero-order chi connectivity index (χ0) is 15.7. The van der Waals surface area contributed by atoms with Gasteiger partial charge in [0.25, 0.3) is 5.91 Å². The minimum Gasteiger partial charge on any atom is -0.508 e. The van der Waals surface area contributed by atoms with Gasteiger partial charge in [-0.2, -0.15) is 0 Å². The number of piperidine rings is 1. The van der Waals surface area contributed by atoms with Gasteiger partial charge in [0.1, 0.15) is 5.75 Å². The molecule has 2 fully saturated rings. The number of hydrogen-bond donors (Lipinski definition) is 1. The second kappa shape index (κ2) is 5.92. The first-order chi connectivity index (χ1) is 10.5. The summed E-state index contributed by atoms with van der Waals surface area (Å²) in [6, 6.07) is 6.50. The lowest BCUT2D eigenvalue weighted by Gasteiger charge is -2.40. The maximum atomic E-state index is 12.7. The highest BCUT2D eigenvalue weighted by Gasteiger charge is 2.45. The standard InChI is InChI=1S/C18H25NO3/c1-13(2)15-10-18(22-11-15)8-3-9-19(12-18)17(21)14-4-6-16(20)7-5-14/h4-7,13,15,20H,3,8-12H2,1-2H3/t15-,18-/m0/s1. The van der Waals surface area contributed by atoms with Gasteiger partial charge in [0.05, 0.1) is 12.2 Å². The van der Waals surface area contributed by atoms with Gasteiger partial charge in [-0.05, 0) is 55.4 Å². The molecule has 0 saturated carbocycles. The molecule has 1 spiro atoms. The smallest absolute Gasteiger partial charge is 0.253 e. The van der Waals surface area contributed by atoms with Gasteiger partial charge in [0, 0.05) is 18.7 Å². The van der Waals surface area contributed by atoms with Crippen molar-refractivity contribution in [3.63, 3.8) is 0 Å². The molecule has 2 aliphatic rings. The van der Waals surface area contributed by atoms with Gasteiger partial charge in [-0.25, -0.2) is 0 Å². The van der Waals surface area contributed by atoms with E-state index in [9.17, 15) is 9.90 Å². The lowest BCUT2D eigenvalue weighted by atomic mass is 9.82. The topological polar surface area (TPSA) is 49.8 Å². The van der Waals surface area contributed by atoms with Gasteiger partial charge < -0.3 is 14.7 Å². The molecule has 3 rings (SSSR count). The highest BCUT2D eigenvalue weighted by molar-refractivity contribution is 5.94. The fraction of sp³-hybridized carbons (Fsp3) is 0.611. The van der Waals surface area contributed by atoms with Crippen LogP contribution in [0, 0.1) is 11.8 Å². The predicted octanol–water partition coefficient (Wildman–Crippen LogP) is 3.06. The summed E-state index contributed by atoms with van der Waals surface area (Å²) in [6.45, 7) is 6.79. The van der Waals surface area contributed by atoms with Crippen molar-refractivity contribution >= 4 is 5.91 Å². The lowest BCUT2D eigenvalue weighted by molar-refractivity contribution is -0.0451. The Morgan fingerprint density at radius 1 is 1.36 bits per heavy atom. The first kappa shape index (κ1) is 15.3. The number of amides is 1. The Labute approximate surface area is 132 Å². The van der Waals surface area contributed by atoms with Crippen LogP contribution >= 0.6 is 0 Å². The van der Waals surface area contributed by atoms with E-state index in [1.165, 1.54) is 0 Å². The third kappa shape index (κ3) is 2.98. The molecule has 0 radical (unpaired) electrons. The van der Waals surface area contributed by atoms with Crippen LogP contribution in [0.3, 0.4) is 0 Å². The van der Waals surface area contributed by atoms with E-state index in [0.29, 0.717) is 23.9 Å². The summed E-state index contributed by atoms with van der Waals surface area (Å²) in [6.07, 6.45) is 3.11. The van der Waals surface area contributed by atoms with Crippen molar-refractivity contribution in [2.45, 2.75) is 38.7 Å². The number of ether oxygens (including phenoxy) is 1. The maximum Gasteiger partial charge on any atom is 0.253 e. The number of nitrogens with zero attached hydrogens (tertiary/aromatic N) is 1. The largest absolute Gasteiger partial charge is 0.508 e. The Morgan fingerprint density at radius 3 is 2.73 bits per heavy atom. The van der Waals surface area contributed by atoms with Crippen molar-refractivity contribution in [3.05, 3.63) is 29.8 Å². The number of aromatic hydroxyl groups is 1. The summed E-state index contributed by atoms with van der Waals surface area (Å²) in [5, 5.41) is 9.35. The summed E-state index contributed by atoms with van der Waals surface area (Å²) in [4.78, 5) is 14.6. The highest BCUT2D eigenvalue weighted by atomic mass is 16.5. The molecule has 1 aromatic rings. The first-order valence-corrected chi connectivity index (χ1v) is 8.21. The van der Waals surface area contributed by atoms with Crippen molar-refractivity contribution in [2.24, 2.45) is 11.8 Å². The molecule has 2 heterocycles. The molecular weight excluding hydrogens is 278 g/mol. The number of phenols is 1. The number of likely N-dealkylation sites (tertiary alicyclic amines) is 1. The predicted molar refractivity (Wildman–Crippen MR) is 84.9 cm³/mol. The van der Waals surface area contributed by atoms with E-state index in [1.54, 1.807) is 24.3 Å². The molecule has 0 aromatic heterocycles. The molecule has 2 atom stereocenters. The molecular formula is C18H25NO3. The average molecular weight is 303 g/mol. The molecule has 0 aliphatic carbocycles. The molecule has 4 nitrogen and oxygen atoms in total. The number of benzene rings is 1. The van der Waals surface area contributed by atoms with Gasteiger partial charge in [0.15, 0.2) is 0 Å². The zero-order valence-electron chi connectivity index (χ0n) is 13.4. The molecule has 4 heteroatoms. The van der Waals surface area contributed by atoms with Gasteiger partial charge in [-0.3, -0.25) is 4.79 Å². The third-order valence-corrected chi connectivity index (χ3v) is 5.12. The van der Waals surface area contributed by atoms with Gasteiger partial charge in [0.2, 0.25) is 0 Å². The molecule has 1 N–H and O–H groups in total. The molecule has 22 heavy (non-hydrogen) atoms. The van der Waals surface area contributed by atoms with Crippen LogP contribution in [0.4, 0.5) is 0 Å². The quantitative estimate of drug-likeness (QED) is 0.913. The highest BCUT2D eigenvalue weighted by Crippen LogP contribution is 2.40. The molecule has 1 amide bonds. The van der Waals surface area contributed by atoms with E-state index in [1.807, 2.05) is 4.90 Å². The van der Waals surface area contributed by atoms with E-state index >= 15 is 0 Å². The normalized spacial score (nSPS) is 28.5. The number of carbonyl (C=O) groups excluding carboxylic acids is 1. The Kier molecular flexibility index (Phi) is 4.13. The minimum absolute atomic E-state index is 0.0377. The molecule has 0 bridgehead atoms. The Balaban J connectivity index is 1.71. The molecule has 0 unspecified atom stereocenters. The minimum atomic E-state index is -0.139. The lowest BCUT2D eigenvalue weighted by Crippen LogP contribution is -2.50. The average Bonchev–Trinajstić information content (AvgIpc) is 2.91. The molecule has 2 saturated heterocycles. The molecule has 1 aromatic carbocycles. The monoisotopic (exact) mass is 303 g/mol. The summed E-state index contributed by atoms with van der Waals surface area (Å²) < 4.78 is 6.16. The number of rotatable bonds is 2. The second-order valence-electron chi connectivity index (χ2n) is 7.08. The summed E-state index contributed by atoms with van der Waals surface area (Å²) in [5.74, 6) is 1.45. The first-order valence-electron chi connectivity index (χ1n) is 8.21. The van der Waals surface area contributed by atoms with Crippen molar-refractivity contribution in [1.29, 1.82) is 0 Å². The van der Waals surface area contributed by atoms with Crippen LogP contribution in [0.25, 0.3) is 0 Å². The molecule has 120 valence electrons. The Hall–Kier alpha value is -1.55. The maximum absolute atomic E-state index is 12.7. The van der Waals surface area contributed by atoms with Gasteiger partial charge in [-0.1, -0.05) is 13.8 Å². The third-order valence-electron chi connectivity index (χ3n) is 5.12. The van der Waals surface area contributed by atoms with E-state index in [4.69, 9.17) is 4.74 Å². The van der Waals surface area contributed by atoms with Crippen molar-refractivity contribution in [3.8, 4) is 5.75 Å². The fourth-order valence-electron chi connectivity index (χ4n) is 3.65. The Bertz CT molecular complexity index is 540. The van der Waals surface area contributed by atoms with Crippen LogP contribution in [0.15, 0.2) is 24.3 Å². The van der Waals surface area contributed by atoms with Crippen molar-refractivity contribution in [1.82, 2.24) is 4.90 Å². The SMILES string of the molecule is CC(C)[C@@H]1CO[C@@]2(CCCN(C(=O)c3ccc(O)cc3)C2)C1. The van der Waals surface area contributed by atoms with Crippen molar-refractivity contribution < 1.29 is 14.6 Å². The number of carbonyl (C=O) groups is 1. The summed E-state index contributed by atoms with van der Waals surface area (Å²) >= 11 is 0. The van der Waals surface area contributed by atoms with E-state index in [2.05, 4.69) is 13.8 Å². The number of hydrogen-bond acceptors (Lipinski definition) is 3. The van der Waals surface area contributed by atoms with Gasteiger partial charge >= 0.3 is 0 Å². The van der Waals surface area contributed by atoms with Crippen LogP contribution in [0.5, 0.6) is 5.75 Å². The van der Waals surface area contributed by atoms with Crippen LogP contribution in [0.1, 0.15) is 43.5 Å². The second-order valence-corrected chi connectivity index (χ2v) is 7.08. The van der Waals surface area contributed by atoms with E-state index in [0.717, 1.165) is 32.4 Å². The summed E-state index contributed by atoms with van der Waals surface area (Å²) in [7, 11) is 0. The van der Waals surface area contributed by atoms with Crippen LogP contribution in [0.2, 0.25) is 0 Å². The van der Waals surface area contributed by atoms with E-state index in [-0.39, 0.29) is 17.3 Å². The zero-order valence-corrected chi connectivity index (χ0v) is 13.4.